The van der Waals surface area contributed by atoms with Gasteiger partial charge in [0.25, 0.3) is 0 Å². The Morgan fingerprint density at radius 3 is 3.00 bits per heavy atom. The summed E-state index contributed by atoms with van der Waals surface area (Å²) >= 11 is 0. The highest BCUT2D eigenvalue weighted by atomic mass is 16.5. The Bertz CT molecular complexity index is 482. The summed E-state index contributed by atoms with van der Waals surface area (Å²) in [5.41, 5.74) is 7.31. The molecule has 2 aromatic rings. The van der Waals surface area contributed by atoms with Gasteiger partial charge in [-0.15, -0.1) is 0 Å². The number of ether oxygens (including phenoxy) is 1. The molecule has 1 aromatic carbocycles. The molecule has 0 bridgehead atoms. The van der Waals surface area contributed by atoms with Crippen molar-refractivity contribution < 1.29 is 4.74 Å². The first kappa shape index (κ1) is 10.7. The highest BCUT2D eigenvalue weighted by molar-refractivity contribution is 5.82. The minimum atomic E-state index is 0.679. The van der Waals surface area contributed by atoms with Crippen LogP contribution in [0.25, 0.3) is 10.9 Å². The third kappa shape index (κ3) is 2.42. The number of unbranched alkanes of at least 4 members (excludes halogenated alkanes) is 1. The molecule has 0 amide bonds. The number of benzene rings is 1. The molecule has 0 atom stereocenters. The first-order valence-electron chi connectivity index (χ1n) is 5.57. The van der Waals surface area contributed by atoms with Gasteiger partial charge < -0.3 is 10.5 Å². The fourth-order valence-electron chi connectivity index (χ4n) is 1.55. The third-order valence-corrected chi connectivity index (χ3v) is 2.44. The molecule has 16 heavy (non-hydrogen) atoms. The molecule has 2 N–H and O–H groups in total. The standard InChI is InChI=1S/C13H16N2O/c1-2-3-6-16-12-4-5-13-10(8-12)7-11(14)9-15-13/h4-5,7-9H,2-3,6,14H2,1H3. The van der Waals surface area contributed by atoms with Gasteiger partial charge in [-0.3, -0.25) is 4.98 Å². The molecule has 3 heteroatoms. The van der Waals surface area contributed by atoms with Crippen LogP contribution in [0.15, 0.2) is 30.5 Å². The van der Waals surface area contributed by atoms with Gasteiger partial charge in [0, 0.05) is 5.39 Å². The van der Waals surface area contributed by atoms with Crippen LogP contribution < -0.4 is 10.5 Å². The van der Waals surface area contributed by atoms with Crippen LogP contribution in [0.1, 0.15) is 19.8 Å². The van der Waals surface area contributed by atoms with Crippen LogP contribution in [0.3, 0.4) is 0 Å². The van der Waals surface area contributed by atoms with Crippen LogP contribution in [0.5, 0.6) is 5.75 Å². The zero-order chi connectivity index (χ0) is 11.4. The van der Waals surface area contributed by atoms with E-state index in [1.54, 1.807) is 6.20 Å². The van der Waals surface area contributed by atoms with Gasteiger partial charge in [-0.05, 0) is 30.7 Å². The van der Waals surface area contributed by atoms with Crippen molar-refractivity contribution in [2.24, 2.45) is 0 Å². The molecule has 0 saturated carbocycles. The molecule has 0 saturated heterocycles. The third-order valence-electron chi connectivity index (χ3n) is 2.44. The van der Waals surface area contributed by atoms with Crippen LogP contribution in [0.2, 0.25) is 0 Å². The lowest BCUT2D eigenvalue weighted by atomic mass is 10.2. The number of rotatable bonds is 4. The lowest BCUT2D eigenvalue weighted by Crippen LogP contribution is -1.96. The maximum atomic E-state index is 5.69. The lowest BCUT2D eigenvalue weighted by Gasteiger charge is -2.06. The number of nitrogens with two attached hydrogens (primary N) is 1. The summed E-state index contributed by atoms with van der Waals surface area (Å²) < 4.78 is 5.63. The molecule has 0 fully saturated rings. The quantitative estimate of drug-likeness (QED) is 0.799. The summed E-state index contributed by atoms with van der Waals surface area (Å²) in [7, 11) is 0. The molecule has 0 aliphatic heterocycles. The molecular weight excluding hydrogens is 200 g/mol. The van der Waals surface area contributed by atoms with Crippen LogP contribution in [-0.4, -0.2) is 11.6 Å². The van der Waals surface area contributed by atoms with Crippen molar-refractivity contribution in [2.45, 2.75) is 19.8 Å². The number of aromatic nitrogens is 1. The van der Waals surface area contributed by atoms with E-state index in [1.807, 2.05) is 24.3 Å². The highest BCUT2D eigenvalue weighted by Crippen LogP contribution is 2.21. The van der Waals surface area contributed by atoms with E-state index in [2.05, 4.69) is 11.9 Å². The molecule has 0 aliphatic carbocycles. The summed E-state index contributed by atoms with van der Waals surface area (Å²) in [6.45, 7) is 2.91. The SMILES string of the molecule is CCCCOc1ccc2ncc(N)cc2c1. The van der Waals surface area contributed by atoms with Gasteiger partial charge in [-0.1, -0.05) is 13.3 Å². The van der Waals surface area contributed by atoms with Crippen molar-refractivity contribution in [1.29, 1.82) is 0 Å². The summed E-state index contributed by atoms with van der Waals surface area (Å²) in [5.74, 6) is 0.883. The first-order valence-corrected chi connectivity index (χ1v) is 5.57. The van der Waals surface area contributed by atoms with Gasteiger partial charge in [-0.2, -0.15) is 0 Å². The first-order chi connectivity index (χ1) is 7.79. The van der Waals surface area contributed by atoms with Crippen molar-refractivity contribution in [1.82, 2.24) is 4.98 Å². The van der Waals surface area contributed by atoms with E-state index in [1.165, 1.54) is 0 Å². The number of anilines is 1. The number of pyridine rings is 1. The molecule has 1 heterocycles. The normalized spacial score (nSPS) is 10.6. The van der Waals surface area contributed by atoms with Crippen molar-refractivity contribution in [3.05, 3.63) is 30.5 Å². The Morgan fingerprint density at radius 1 is 1.31 bits per heavy atom. The monoisotopic (exact) mass is 216 g/mol. The average Bonchev–Trinajstić information content (AvgIpc) is 2.29. The van der Waals surface area contributed by atoms with E-state index in [4.69, 9.17) is 10.5 Å². The second-order valence-electron chi connectivity index (χ2n) is 3.83. The van der Waals surface area contributed by atoms with Gasteiger partial charge in [0.15, 0.2) is 0 Å². The minimum absolute atomic E-state index is 0.679. The Hall–Kier alpha value is -1.77. The zero-order valence-corrected chi connectivity index (χ0v) is 9.44. The smallest absolute Gasteiger partial charge is 0.120 e. The van der Waals surface area contributed by atoms with Gasteiger partial charge >= 0.3 is 0 Å². The Labute approximate surface area is 95.2 Å². The van der Waals surface area contributed by atoms with Gasteiger partial charge in [0.05, 0.1) is 24.0 Å². The Balaban J connectivity index is 2.21. The number of nitrogen functional groups attached to an aromatic ring is 1. The van der Waals surface area contributed by atoms with Crippen LogP contribution >= 0.6 is 0 Å². The molecule has 0 unspecified atom stereocenters. The molecule has 1 aromatic heterocycles. The van der Waals surface area contributed by atoms with Gasteiger partial charge in [-0.25, -0.2) is 0 Å². The van der Waals surface area contributed by atoms with Crippen LogP contribution in [-0.2, 0) is 0 Å². The predicted octanol–water partition coefficient (Wildman–Crippen LogP) is 3.00. The second-order valence-corrected chi connectivity index (χ2v) is 3.83. The molecule has 0 aliphatic rings. The maximum absolute atomic E-state index is 5.69. The molecule has 2 rings (SSSR count). The average molecular weight is 216 g/mol. The van der Waals surface area contributed by atoms with E-state index in [0.717, 1.165) is 36.1 Å². The lowest BCUT2D eigenvalue weighted by molar-refractivity contribution is 0.310. The van der Waals surface area contributed by atoms with E-state index in [0.29, 0.717) is 5.69 Å². The fourth-order valence-corrected chi connectivity index (χ4v) is 1.55. The molecule has 0 spiro atoms. The number of hydrogen-bond donors (Lipinski definition) is 1. The van der Waals surface area contributed by atoms with E-state index in [9.17, 15) is 0 Å². The molecule has 84 valence electrons. The number of fused-ring (bicyclic) bond motifs is 1. The number of hydrogen-bond acceptors (Lipinski definition) is 3. The molecular formula is C13H16N2O. The Kier molecular flexibility index (Phi) is 3.25. The second kappa shape index (κ2) is 4.84. The van der Waals surface area contributed by atoms with Crippen molar-refractivity contribution in [3.8, 4) is 5.75 Å². The fraction of sp³-hybridized carbons (Fsp3) is 0.308. The van der Waals surface area contributed by atoms with Crippen molar-refractivity contribution >= 4 is 16.6 Å². The van der Waals surface area contributed by atoms with E-state index < -0.39 is 0 Å². The Morgan fingerprint density at radius 2 is 2.19 bits per heavy atom. The zero-order valence-electron chi connectivity index (χ0n) is 9.44. The van der Waals surface area contributed by atoms with Gasteiger partial charge in [0.1, 0.15) is 5.75 Å². The van der Waals surface area contributed by atoms with E-state index in [-0.39, 0.29) is 0 Å². The van der Waals surface area contributed by atoms with Gasteiger partial charge in [0.2, 0.25) is 0 Å². The molecule has 3 nitrogen and oxygen atoms in total. The maximum Gasteiger partial charge on any atom is 0.120 e. The number of nitrogens with zero attached hydrogens (tertiary/aromatic N) is 1. The highest BCUT2D eigenvalue weighted by Gasteiger charge is 1.99. The summed E-state index contributed by atoms with van der Waals surface area (Å²) in [4.78, 5) is 4.24. The van der Waals surface area contributed by atoms with E-state index >= 15 is 0 Å². The van der Waals surface area contributed by atoms with Crippen LogP contribution in [0, 0.1) is 0 Å². The largest absolute Gasteiger partial charge is 0.494 e. The van der Waals surface area contributed by atoms with Crippen LogP contribution in [0.4, 0.5) is 5.69 Å². The minimum Gasteiger partial charge on any atom is -0.494 e. The van der Waals surface area contributed by atoms with Crippen molar-refractivity contribution in [2.75, 3.05) is 12.3 Å². The summed E-state index contributed by atoms with van der Waals surface area (Å²) in [6.07, 6.45) is 3.88. The summed E-state index contributed by atoms with van der Waals surface area (Å²) in [5, 5.41) is 1.02. The molecule has 0 radical (unpaired) electrons. The predicted molar refractivity (Wildman–Crippen MR) is 66.6 cm³/mol. The summed E-state index contributed by atoms with van der Waals surface area (Å²) in [6, 6.07) is 7.79. The topological polar surface area (TPSA) is 48.1 Å². The van der Waals surface area contributed by atoms with Crippen molar-refractivity contribution in [3.63, 3.8) is 0 Å².